The van der Waals surface area contributed by atoms with Crippen LogP contribution in [-0.4, -0.2) is 17.9 Å². The first-order valence-corrected chi connectivity index (χ1v) is 7.34. The van der Waals surface area contributed by atoms with Crippen LogP contribution in [0, 0.1) is 0 Å². The van der Waals surface area contributed by atoms with Gasteiger partial charge >= 0.3 is 0 Å². The molecule has 0 aliphatic heterocycles. The molecule has 2 aromatic rings. The summed E-state index contributed by atoms with van der Waals surface area (Å²) in [6.45, 7) is 0. The number of hydrogen-bond donors (Lipinski definition) is 2. The molecular weight excluding hydrogens is 300 g/mol. The van der Waals surface area contributed by atoms with E-state index < -0.39 is 17.9 Å². The van der Waals surface area contributed by atoms with Gasteiger partial charge < -0.3 is 11.1 Å². The van der Waals surface area contributed by atoms with Crippen LogP contribution in [0.25, 0.3) is 0 Å². The number of aryl methyl sites for hydroxylation is 1. The Kier molecular flexibility index (Phi) is 5.55. The molecule has 2 aromatic carbocycles. The first-order valence-electron chi connectivity index (χ1n) is 6.96. The molecule has 0 saturated heterocycles. The third kappa shape index (κ3) is 4.33. The van der Waals surface area contributed by atoms with Crippen molar-refractivity contribution in [2.24, 2.45) is 5.73 Å². The van der Waals surface area contributed by atoms with Gasteiger partial charge in [-0.1, -0.05) is 54.1 Å². The van der Waals surface area contributed by atoms with Crippen LogP contribution in [0.4, 0.5) is 0 Å². The molecule has 4 nitrogen and oxygen atoms in total. The Morgan fingerprint density at radius 3 is 2.32 bits per heavy atom. The van der Waals surface area contributed by atoms with E-state index in [1.54, 1.807) is 24.3 Å². The minimum atomic E-state index is -0.732. The van der Waals surface area contributed by atoms with Crippen molar-refractivity contribution in [3.05, 3.63) is 70.7 Å². The fourth-order valence-corrected chi connectivity index (χ4v) is 2.34. The zero-order chi connectivity index (χ0) is 15.9. The monoisotopic (exact) mass is 316 g/mol. The molecule has 114 valence electrons. The van der Waals surface area contributed by atoms with Crippen molar-refractivity contribution in [3.8, 4) is 0 Å². The number of carbonyl (C=O) groups is 2. The van der Waals surface area contributed by atoms with Gasteiger partial charge in [-0.05, 0) is 30.5 Å². The molecule has 0 bridgehead atoms. The standard InChI is InChI=1S/C17H17ClN2O2/c18-14-9-5-4-8-13(14)17(22)20-15(16(19)21)11-10-12-6-2-1-3-7-12/h1-9,15H,10-11H2,(H2,19,21)(H,20,22)/t15-/m1/s1. The van der Waals surface area contributed by atoms with Crippen molar-refractivity contribution in [2.75, 3.05) is 0 Å². The average molecular weight is 317 g/mol. The average Bonchev–Trinajstić information content (AvgIpc) is 2.52. The predicted octanol–water partition coefficient (Wildman–Crippen LogP) is 2.56. The lowest BCUT2D eigenvalue weighted by Gasteiger charge is -2.16. The van der Waals surface area contributed by atoms with E-state index in [0.717, 1.165) is 5.56 Å². The maximum absolute atomic E-state index is 12.2. The van der Waals surface area contributed by atoms with Gasteiger partial charge in [-0.25, -0.2) is 0 Å². The van der Waals surface area contributed by atoms with Gasteiger partial charge in [0.2, 0.25) is 5.91 Å². The second-order valence-corrected chi connectivity index (χ2v) is 5.34. The maximum atomic E-state index is 12.2. The highest BCUT2D eigenvalue weighted by molar-refractivity contribution is 6.33. The summed E-state index contributed by atoms with van der Waals surface area (Å²) < 4.78 is 0. The molecule has 0 heterocycles. The largest absolute Gasteiger partial charge is 0.368 e. The first-order chi connectivity index (χ1) is 10.6. The number of rotatable bonds is 6. The summed E-state index contributed by atoms with van der Waals surface area (Å²) in [7, 11) is 0. The normalized spacial score (nSPS) is 11.7. The molecule has 2 amide bonds. The summed E-state index contributed by atoms with van der Waals surface area (Å²) in [5.41, 5.74) is 6.79. The lowest BCUT2D eigenvalue weighted by atomic mass is 10.0. The van der Waals surface area contributed by atoms with E-state index in [2.05, 4.69) is 5.32 Å². The van der Waals surface area contributed by atoms with E-state index in [4.69, 9.17) is 17.3 Å². The maximum Gasteiger partial charge on any atom is 0.253 e. The zero-order valence-electron chi connectivity index (χ0n) is 12.0. The summed E-state index contributed by atoms with van der Waals surface area (Å²) >= 11 is 5.98. The number of nitrogens with one attached hydrogen (secondary N) is 1. The van der Waals surface area contributed by atoms with Crippen LogP contribution in [0.3, 0.4) is 0 Å². The highest BCUT2D eigenvalue weighted by Crippen LogP contribution is 2.15. The van der Waals surface area contributed by atoms with Crippen molar-refractivity contribution >= 4 is 23.4 Å². The molecule has 5 heteroatoms. The van der Waals surface area contributed by atoms with Gasteiger partial charge in [-0.15, -0.1) is 0 Å². The number of primary amides is 1. The lowest BCUT2D eigenvalue weighted by Crippen LogP contribution is -2.44. The van der Waals surface area contributed by atoms with Crippen LogP contribution in [0.2, 0.25) is 5.02 Å². The molecule has 0 fully saturated rings. The van der Waals surface area contributed by atoms with Crippen molar-refractivity contribution in [1.29, 1.82) is 0 Å². The highest BCUT2D eigenvalue weighted by atomic mass is 35.5. The fourth-order valence-electron chi connectivity index (χ4n) is 2.12. The Morgan fingerprint density at radius 2 is 1.68 bits per heavy atom. The minimum absolute atomic E-state index is 0.329. The van der Waals surface area contributed by atoms with Crippen LogP contribution in [-0.2, 0) is 11.2 Å². The van der Waals surface area contributed by atoms with Gasteiger partial charge in [0.25, 0.3) is 5.91 Å². The van der Waals surface area contributed by atoms with Gasteiger partial charge in [0, 0.05) is 0 Å². The minimum Gasteiger partial charge on any atom is -0.368 e. The Balaban J connectivity index is 2.01. The van der Waals surface area contributed by atoms with E-state index >= 15 is 0 Å². The van der Waals surface area contributed by atoms with E-state index in [1.165, 1.54) is 0 Å². The van der Waals surface area contributed by atoms with Gasteiger partial charge in [-0.3, -0.25) is 9.59 Å². The molecule has 0 aliphatic rings. The SMILES string of the molecule is NC(=O)[C@@H](CCc1ccccc1)NC(=O)c1ccccc1Cl. The molecule has 2 rings (SSSR count). The number of carbonyl (C=O) groups excluding carboxylic acids is 2. The van der Waals surface area contributed by atoms with Gasteiger partial charge in [-0.2, -0.15) is 0 Å². The topological polar surface area (TPSA) is 72.2 Å². The molecule has 0 aromatic heterocycles. The third-order valence-corrected chi connectivity index (χ3v) is 3.66. The Morgan fingerprint density at radius 1 is 1.05 bits per heavy atom. The Hall–Kier alpha value is -2.33. The quantitative estimate of drug-likeness (QED) is 0.859. The molecular formula is C17H17ClN2O2. The summed E-state index contributed by atoms with van der Waals surface area (Å²) in [6, 6.07) is 15.7. The smallest absolute Gasteiger partial charge is 0.253 e. The Bertz CT molecular complexity index is 659. The van der Waals surface area contributed by atoms with Crippen LogP contribution in [0.1, 0.15) is 22.3 Å². The zero-order valence-corrected chi connectivity index (χ0v) is 12.7. The van der Waals surface area contributed by atoms with Crippen LogP contribution >= 0.6 is 11.6 Å². The number of amides is 2. The predicted molar refractivity (Wildman–Crippen MR) is 86.7 cm³/mol. The first kappa shape index (κ1) is 16.0. The molecule has 1 atom stereocenters. The molecule has 22 heavy (non-hydrogen) atoms. The third-order valence-electron chi connectivity index (χ3n) is 3.33. The molecule has 0 saturated carbocycles. The number of benzene rings is 2. The van der Waals surface area contributed by atoms with E-state index in [0.29, 0.717) is 23.4 Å². The van der Waals surface area contributed by atoms with Crippen molar-refractivity contribution in [2.45, 2.75) is 18.9 Å². The van der Waals surface area contributed by atoms with Crippen molar-refractivity contribution in [1.82, 2.24) is 5.32 Å². The van der Waals surface area contributed by atoms with E-state index in [-0.39, 0.29) is 0 Å². The highest BCUT2D eigenvalue weighted by Gasteiger charge is 2.19. The van der Waals surface area contributed by atoms with Crippen LogP contribution in [0.5, 0.6) is 0 Å². The number of nitrogens with two attached hydrogens (primary N) is 1. The van der Waals surface area contributed by atoms with E-state index in [9.17, 15) is 9.59 Å². The second kappa shape index (κ2) is 7.61. The molecule has 0 aliphatic carbocycles. The fraction of sp³-hybridized carbons (Fsp3) is 0.176. The second-order valence-electron chi connectivity index (χ2n) is 4.93. The summed E-state index contributed by atoms with van der Waals surface area (Å²) in [5, 5.41) is 2.99. The number of halogens is 1. The van der Waals surface area contributed by atoms with E-state index in [1.807, 2.05) is 30.3 Å². The summed E-state index contributed by atoms with van der Waals surface area (Å²) in [5.74, 6) is -0.959. The Labute approximate surface area is 134 Å². The van der Waals surface area contributed by atoms with Gasteiger partial charge in [0.15, 0.2) is 0 Å². The van der Waals surface area contributed by atoms with Crippen molar-refractivity contribution in [3.63, 3.8) is 0 Å². The molecule has 0 radical (unpaired) electrons. The summed E-state index contributed by atoms with van der Waals surface area (Å²) in [4.78, 5) is 23.7. The van der Waals surface area contributed by atoms with Crippen molar-refractivity contribution < 1.29 is 9.59 Å². The summed E-state index contributed by atoms with van der Waals surface area (Å²) in [6.07, 6.45) is 1.09. The van der Waals surface area contributed by atoms with Crippen LogP contribution < -0.4 is 11.1 Å². The lowest BCUT2D eigenvalue weighted by molar-refractivity contribution is -0.120. The number of hydrogen-bond acceptors (Lipinski definition) is 2. The van der Waals surface area contributed by atoms with Crippen LogP contribution in [0.15, 0.2) is 54.6 Å². The van der Waals surface area contributed by atoms with Gasteiger partial charge in [0.05, 0.1) is 10.6 Å². The molecule has 0 spiro atoms. The van der Waals surface area contributed by atoms with Gasteiger partial charge in [0.1, 0.15) is 6.04 Å². The molecule has 0 unspecified atom stereocenters. The molecule has 3 N–H and O–H groups in total.